The van der Waals surface area contributed by atoms with E-state index in [0.29, 0.717) is 23.3 Å². The number of halogens is 1. The summed E-state index contributed by atoms with van der Waals surface area (Å²) < 4.78 is 21.6. The van der Waals surface area contributed by atoms with Gasteiger partial charge in [0, 0.05) is 24.2 Å². The number of cyclic esters (lactones) is 1. The van der Waals surface area contributed by atoms with Crippen molar-refractivity contribution in [2.24, 2.45) is 17.8 Å². The van der Waals surface area contributed by atoms with Gasteiger partial charge in [-0.15, -0.1) is 0 Å². The van der Waals surface area contributed by atoms with Crippen LogP contribution in [0.25, 0.3) is 0 Å². The number of hydrogen-bond acceptors (Lipinski definition) is 8. The second kappa shape index (κ2) is 14.9. The Bertz CT molecular complexity index is 1160. The molecule has 1 aromatic carbocycles. The van der Waals surface area contributed by atoms with Gasteiger partial charge in [0.05, 0.1) is 7.11 Å². The Hall–Kier alpha value is -3.33. The lowest BCUT2D eigenvalue weighted by atomic mass is 9.76. The Morgan fingerprint density at radius 3 is 2.55 bits per heavy atom. The lowest BCUT2D eigenvalue weighted by Gasteiger charge is -2.32. The number of rotatable bonds is 10. The summed E-state index contributed by atoms with van der Waals surface area (Å²) in [7, 11) is 1.42. The van der Waals surface area contributed by atoms with E-state index in [1.807, 2.05) is 31.2 Å². The number of hydrogen-bond donors (Lipinski definition) is 1. The molecule has 1 aliphatic rings. The zero-order chi connectivity index (χ0) is 29.2. The molecule has 0 unspecified atom stereocenters. The van der Waals surface area contributed by atoms with Crippen LogP contribution in [0.1, 0.15) is 69.4 Å². The molecule has 0 saturated carbocycles. The maximum absolute atomic E-state index is 13.3. The molecule has 4 atom stereocenters. The molecule has 1 amide bonds. The number of ether oxygens (including phenoxy) is 4. The molecule has 9 nitrogen and oxygen atoms in total. The monoisotopic (exact) mass is 574 g/mol. The number of amides is 1. The van der Waals surface area contributed by atoms with Crippen molar-refractivity contribution in [2.75, 3.05) is 13.9 Å². The Morgan fingerprint density at radius 1 is 1.18 bits per heavy atom. The number of pyridine rings is 1. The van der Waals surface area contributed by atoms with E-state index in [1.54, 1.807) is 0 Å². The van der Waals surface area contributed by atoms with Crippen molar-refractivity contribution in [3.8, 4) is 11.5 Å². The molecule has 3 rings (SSSR count). The van der Waals surface area contributed by atoms with Crippen LogP contribution in [0.5, 0.6) is 11.5 Å². The average Bonchev–Trinajstić information content (AvgIpc) is 2.95. The summed E-state index contributed by atoms with van der Waals surface area (Å²) in [4.78, 5) is 41.9. The molecule has 40 heavy (non-hydrogen) atoms. The van der Waals surface area contributed by atoms with Gasteiger partial charge in [-0.05, 0) is 68.1 Å². The molecule has 2 aromatic rings. The van der Waals surface area contributed by atoms with E-state index >= 15 is 0 Å². The smallest absolute Gasteiger partial charge is 0.328 e. The highest BCUT2D eigenvalue weighted by Gasteiger charge is 2.35. The van der Waals surface area contributed by atoms with Gasteiger partial charge in [-0.2, -0.15) is 0 Å². The minimum absolute atomic E-state index is 0.00794. The fourth-order valence-corrected chi connectivity index (χ4v) is 5.30. The third-order valence-electron chi connectivity index (χ3n) is 7.09. The molecule has 1 aromatic heterocycles. The standard InChI is InChI=1S/C30H39ClN2O7/c1-18(2)15-24-19(3)40-30(36)25(8-6-7-22(24)16-21-9-11-23(31)12-10-21)33-29(35)27-28(39-17-38-20(4)34)26(37-5)13-14-32-27/h9-14,18-19,22,24-25H,6-8,15-17H2,1-5H3,(H,33,35)/t19-,22+,24-,25-/m0/s1. The van der Waals surface area contributed by atoms with Crippen molar-refractivity contribution >= 4 is 29.4 Å². The maximum Gasteiger partial charge on any atom is 0.328 e. The number of esters is 2. The highest BCUT2D eigenvalue weighted by molar-refractivity contribution is 6.30. The van der Waals surface area contributed by atoms with Crippen molar-refractivity contribution in [3.05, 3.63) is 52.8 Å². The lowest BCUT2D eigenvalue weighted by molar-refractivity contribution is -0.154. The molecule has 0 aliphatic carbocycles. The highest BCUT2D eigenvalue weighted by Crippen LogP contribution is 2.35. The van der Waals surface area contributed by atoms with Crippen LogP contribution in [0.15, 0.2) is 36.5 Å². The fraction of sp³-hybridized carbons (Fsp3) is 0.533. The van der Waals surface area contributed by atoms with E-state index < -0.39 is 30.7 Å². The highest BCUT2D eigenvalue weighted by atomic mass is 35.5. The fourth-order valence-electron chi connectivity index (χ4n) is 5.18. The first-order chi connectivity index (χ1) is 19.1. The zero-order valence-electron chi connectivity index (χ0n) is 23.8. The molecule has 0 spiro atoms. The van der Waals surface area contributed by atoms with Crippen molar-refractivity contribution in [1.82, 2.24) is 10.3 Å². The predicted octanol–water partition coefficient (Wildman–Crippen LogP) is 5.38. The van der Waals surface area contributed by atoms with Crippen LogP contribution in [0.2, 0.25) is 5.02 Å². The van der Waals surface area contributed by atoms with Crippen molar-refractivity contribution in [1.29, 1.82) is 0 Å². The van der Waals surface area contributed by atoms with E-state index in [0.717, 1.165) is 25.7 Å². The van der Waals surface area contributed by atoms with Gasteiger partial charge in [0.1, 0.15) is 12.1 Å². The van der Waals surface area contributed by atoms with Crippen molar-refractivity contribution in [2.45, 2.75) is 71.9 Å². The van der Waals surface area contributed by atoms with Crippen LogP contribution >= 0.6 is 11.6 Å². The molecule has 10 heteroatoms. The van der Waals surface area contributed by atoms with Gasteiger partial charge in [0.25, 0.3) is 5.91 Å². The quantitative estimate of drug-likeness (QED) is 0.297. The number of aromatic nitrogens is 1. The average molecular weight is 575 g/mol. The summed E-state index contributed by atoms with van der Waals surface area (Å²) in [5.74, 6) is -0.513. The van der Waals surface area contributed by atoms with Gasteiger partial charge in [0.2, 0.25) is 6.79 Å². The van der Waals surface area contributed by atoms with Crippen LogP contribution in [-0.2, 0) is 25.5 Å². The Kier molecular flexibility index (Phi) is 11.6. The topological polar surface area (TPSA) is 113 Å². The molecular formula is C30H39ClN2O7. The Labute approximate surface area is 240 Å². The lowest BCUT2D eigenvalue weighted by Crippen LogP contribution is -2.43. The van der Waals surface area contributed by atoms with Crippen LogP contribution in [0.3, 0.4) is 0 Å². The van der Waals surface area contributed by atoms with Crippen molar-refractivity contribution < 1.29 is 33.3 Å². The van der Waals surface area contributed by atoms with E-state index in [2.05, 4.69) is 24.1 Å². The Morgan fingerprint density at radius 2 is 1.90 bits per heavy atom. The summed E-state index contributed by atoms with van der Waals surface area (Å²) in [5.41, 5.74) is 1.10. The third kappa shape index (κ3) is 8.84. The molecule has 2 heterocycles. The SMILES string of the molecule is COc1ccnc(C(=O)N[C@H]2CCC[C@H](Cc3ccc(Cl)cc3)[C@@H](CC(C)C)[C@H](C)OC2=O)c1OCOC(C)=O. The van der Waals surface area contributed by atoms with Crippen LogP contribution in [0, 0.1) is 17.8 Å². The van der Waals surface area contributed by atoms with Crippen molar-refractivity contribution in [3.63, 3.8) is 0 Å². The minimum atomic E-state index is -0.863. The normalized spacial score (nSPS) is 21.4. The number of methoxy groups -OCH3 is 1. The molecule has 218 valence electrons. The summed E-state index contributed by atoms with van der Waals surface area (Å²) in [5, 5.41) is 3.48. The second-order valence-electron chi connectivity index (χ2n) is 10.6. The molecule has 0 bridgehead atoms. The summed E-state index contributed by atoms with van der Waals surface area (Å²) in [6.07, 6.45) is 4.85. The molecule has 0 radical (unpaired) electrons. The van der Waals surface area contributed by atoms with Crippen LogP contribution < -0.4 is 14.8 Å². The minimum Gasteiger partial charge on any atom is -0.493 e. The second-order valence-corrected chi connectivity index (χ2v) is 11.0. The largest absolute Gasteiger partial charge is 0.493 e. The van der Waals surface area contributed by atoms with Gasteiger partial charge < -0.3 is 24.3 Å². The number of nitrogens with zero attached hydrogens (tertiary/aromatic N) is 1. The van der Waals surface area contributed by atoms with Crippen LogP contribution in [0.4, 0.5) is 0 Å². The van der Waals surface area contributed by atoms with E-state index in [4.69, 9.17) is 30.5 Å². The molecular weight excluding hydrogens is 536 g/mol. The summed E-state index contributed by atoms with van der Waals surface area (Å²) >= 11 is 6.10. The number of carbonyl (C=O) groups excluding carboxylic acids is 3. The Balaban J connectivity index is 1.79. The maximum atomic E-state index is 13.3. The number of benzene rings is 1. The summed E-state index contributed by atoms with van der Waals surface area (Å²) in [6, 6.07) is 8.54. The molecule has 1 aliphatic heterocycles. The van der Waals surface area contributed by atoms with Gasteiger partial charge >= 0.3 is 11.9 Å². The van der Waals surface area contributed by atoms with E-state index in [-0.39, 0.29) is 29.2 Å². The first kappa shape index (κ1) is 31.2. The first-order valence-electron chi connectivity index (χ1n) is 13.6. The van der Waals surface area contributed by atoms with E-state index in [1.165, 1.54) is 31.9 Å². The van der Waals surface area contributed by atoms with Gasteiger partial charge in [-0.3, -0.25) is 9.59 Å². The zero-order valence-corrected chi connectivity index (χ0v) is 24.5. The van der Waals surface area contributed by atoms with Gasteiger partial charge in [-0.25, -0.2) is 9.78 Å². The van der Waals surface area contributed by atoms with E-state index in [9.17, 15) is 14.4 Å². The van der Waals surface area contributed by atoms with Crippen LogP contribution in [-0.4, -0.2) is 48.9 Å². The first-order valence-corrected chi connectivity index (χ1v) is 14.0. The van der Waals surface area contributed by atoms with Gasteiger partial charge in [-0.1, -0.05) is 44.0 Å². The number of nitrogens with one attached hydrogen (secondary N) is 1. The predicted molar refractivity (Wildman–Crippen MR) is 150 cm³/mol. The van der Waals surface area contributed by atoms with Gasteiger partial charge in [0.15, 0.2) is 17.2 Å². The molecule has 1 N–H and O–H groups in total. The summed E-state index contributed by atoms with van der Waals surface area (Å²) in [6.45, 7) is 7.10. The molecule has 1 fully saturated rings. The third-order valence-corrected chi connectivity index (χ3v) is 7.34. The number of carbonyl (C=O) groups is 3. The molecule has 1 saturated heterocycles.